The summed E-state index contributed by atoms with van der Waals surface area (Å²) in [4.78, 5) is 18.7. The minimum atomic E-state index is -2.19. The molecule has 1 aliphatic heterocycles. The first-order valence-corrected chi connectivity index (χ1v) is 11.7. The fraction of sp³-hybridized carbons (Fsp3) is 0.750. The van der Waals surface area contributed by atoms with Crippen molar-refractivity contribution in [3.05, 3.63) is 33.2 Å². The lowest BCUT2D eigenvalue weighted by Gasteiger charge is -2.39. The second-order valence-electron chi connectivity index (χ2n) is 8.44. The summed E-state index contributed by atoms with van der Waals surface area (Å²) in [7, 11) is -2.19. The predicted molar refractivity (Wildman–Crippen MR) is 103 cm³/mol. The molecule has 150 valence electrons. The van der Waals surface area contributed by atoms with Gasteiger partial charge in [-0.2, -0.15) is 4.98 Å². The summed E-state index contributed by atoms with van der Waals surface area (Å²) in [6.45, 7) is 11.9. The Kier molecular flexibility index (Phi) is 5.74. The lowest BCUT2D eigenvalue weighted by Crippen LogP contribution is -2.49. The van der Waals surface area contributed by atoms with Gasteiger partial charge in [0.2, 0.25) is 0 Å². The van der Waals surface area contributed by atoms with Crippen LogP contribution in [0.4, 0.5) is 5.82 Å². The third kappa shape index (κ3) is 4.02. The van der Waals surface area contributed by atoms with Crippen LogP contribution in [-0.4, -0.2) is 41.4 Å². The number of aliphatic hydroxyl groups excluding tert-OH is 1. The number of nitrogens with two attached hydrogens (primary N) is 1. The van der Waals surface area contributed by atoms with Gasteiger partial charge in [0.15, 0.2) is 14.0 Å². The van der Waals surface area contributed by atoms with Gasteiger partial charge in [0.25, 0.3) is 0 Å². The zero-order valence-electron chi connectivity index (χ0n) is 16.6. The molecule has 11 heteroatoms. The van der Waals surface area contributed by atoms with Crippen LogP contribution in [-0.2, 0) is 9.16 Å². The first-order chi connectivity index (χ1) is 12.3. The Bertz CT molecular complexity index is 801. The first kappa shape index (κ1) is 21.4. The van der Waals surface area contributed by atoms with E-state index < -0.39 is 38.0 Å². The number of nitrogens with zero attached hydrogens (tertiary/aromatic N) is 5. The second-order valence-corrected chi connectivity index (χ2v) is 13.2. The van der Waals surface area contributed by atoms with Crippen molar-refractivity contribution in [2.45, 2.75) is 63.9 Å². The maximum absolute atomic E-state index is 12.2. The van der Waals surface area contributed by atoms with Crippen LogP contribution in [0.2, 0.25) is 18.1 Å². The maximum atomic E-state index is 12.2. The summed E-state index contributed by atoms with van der Waals surface area (Å²) in [5.74, 6) is -0.452. The topological polar surface area (TPSA) is 148 Å². The molecule has 1 aliphatic rings. The lowest BCUT2D eigenvalue weighted by atomic mass is 9.98. The van der Waals surface area contributed by atoms with Gasteiger partial charge in [-0.05, 0) is 29.7 Å². The number of aromatic nitrogens is 2. The smallest absolute Gasteiger partial charge is 0.351 e. The number of nitrogen functional groups attached to an aromatic ring is 1. The fourth-order valence-electron chi connectivity index (χ4n) is 2.69. The first-order valence-electron chi connectivity index (χ1n) is 8.75. The number of rotatable bonds is 5. The van der Waals surface area contributed by atoms with Crippen molar-refractivity contribution in [3.63, 3.8) is 0 Å². The Morgan fingerprint density at radius 1 is 1.56 bits per heavy atom. The van der Waals surface area contributed by atoms with Gasteiger partial charge in [-0.3, -0.25) is 4.57 Å². The van der Waals surface area contributed by atoms with Gasteiger partial charge in [-0.1, -0.05) is 32.8 Å². The third-order valence-electron chi connectivity index (χ3n) is 5.52. The van der Waals surface area contributed by atoms with Crippen LogP contribution in [0.15, 0.2) is 22.2 Å². The van der Waals surface area contributed by atoms with E-state index in [4.69, 9.17) is 20.4 Å². The summed E-state index contributed by atoms with van der Waals surface area (Å²) >= 11 is 0. The molecule has 0 spiro atoms. The van der Waals surface area contributed by atoms with E-state index in [2.05, 4.69) is 35.8 Å². The molecule has 1 aromatic rings. The van der Waals surface area contributed by atoms with Crippen molar-refractivity contribution in [1.29, 1.82) is 0 Å². The molecule has 0 bridgehead atoms. The van der Waals surface area contributed by atoms with Gasteiger partial charge >= 0.3 is 5.69 Å². The minimum absolute atomic E-state index is 0.0725. The molecule has 3 N–H and O–H groups in total. The largest absolute Gasteiger partial charge is 0.414 e. The van der Waals surface area contributed by atoms with Crippen LogP contribution in [0, 0.1) is 5.92 Å². The molecule has 0 unspecified atom stereocenters. The van der Waals surface area contributed by atoms with Gasteiger partial charge in [0.1, 0.15) is 12.0 Å². The van der Waals surface area contributed by atoms with Crippen molar-refractivity contribution >= 4 is 14.1 Å². The van der Waals surface area contributed by atoms with E-state index in [1.807, 2.05) is 13.1 Å². The monoisotopic (exact) mass is 396 g/mol. The van der Waals surface area contributed by atoms with E-state index in [9.17, 15) is 9.90 Å². The van der Waals surface area contributed by atoms with Crippen LogP contribution in [0.3, 0.4) is 0 Å². The van der Waals surface area contributed by atoms with E-state index in [1.165, 1.54) is 16.8 Å². The molecular weight excluding hydrogens is 368 g/mol. The minimum Gasteiger partial charge on any atom is -0.414 e. The highest BCUT2D eigenvalue weighted by molar-refractivity contribution is 6.74. The summed E-state index contributed by atoms with van der Waals surface area (Å²) < 4.78 is 13.3. The van der Waals surface area contributed by atoms with Crippen molar-refractivity contribution < 1.29 is 14.3 Å². The average Bonchev–Trinajstić information content (AvgIpc) is 2.78. The van der Waals surface area contributed by atoms with E-state index in [0.29, 0.717) is 0 Å². The molecule has 27 heavy (non-hydrogen) atoms. The standard InChI is InChI=1S/C16H28N6O4Si/c1-10-12(23)16(20-21-18,9-25-27(5,6)15(2,3)4)26-13(10)22-8-7-11(17)19-14(22)24/h7-8,10,12-13,23H,9H2,1-6H3,(H2,17,19,24)/t10-,12-,13+,16+/m0/s1. The van der Waals surface area contributed by atoms with Crippen LogP contribution in [0.5, 0.6) is 0 Å². The molecule has 0 amide bonds. The number of aliphatic hydroxyl groups is 1. The molecule has 0 aromatic carbocycles. The molecule has 0 saturated carbocycles. The Morgan fingerprint density at radius 2 is 2.19 bits per heavy atom. The average molecular weight is 397 g/mol. The van der Waals surface area contributed by atoms with Crippen molar-refractivity contribution in [3.8, 4) is 0 Å². The van der Waals surface area contributed by atoms with Crippen molar-refractivity contribution in [2.75, 3.05) is 12.3 Å². The lowest BCUT2D eigenvalue weighted by molar-refractivity contribution is -0.121. The molecule has 2 rings (SSSR count). The van der Waals surface area contributed by atoms with Gasteiger partial charge in [0, 0.05) is 17.0 Å². The van der Waals surface area contributed by atoms with Gasteiger partial charge in [-0.25, -0.2) is 4.79 Å². The predicted octanol–water partition coefficient (Wildman–Crippen LogP) is 2.38. The molecule has 1 fully saturated rings. The quantitative estimate of drug-likeness (QED) is 0.338. The number of anilines is 1. The van der Waals surface area contributed by atoms with Crippen molar-refractivity contribution in [2.24, 2.45) is 11.0 Å². The van der Waals surface area contributed by atoms with E-state index in [-0.39, 0.29) is 17.5 Å². The Morgan fingerprint density at radius 3 is 2.70 bits per heavy atom. The molecule has 4 atom stereocenters. The molecule has 0 aliphatic carbocycles. The summed E-state index contributed by atoms with van der Waals surface area (Å²) in [5.41, 5.74) is 12.3. The number of hydrogen-bond donors (Lipinski definition) is 2. The zero-order valence-corrected chi connectivity index (χ0v) is 17.6. The maximum Gasteiger partial charge on any atom is 0.351 e. The normalized spacial score (nSPS) is 28.8. The summed E-state index contributed by atoms with van der Waals surface area (Å²) in [6, 6.07) is 1.46. The highest BCUT2D eigenvalue weighted by Crippen LogP contribution is 2.44. The van der Waals surface area contributed by atoms with Gasteiger partial charge in [0.05, 0.1) is 12.7 Å². The zero-order chi connectivity index (χ0) is 20.6. The molecule has 0 radical (unpaired) electrons. The third-order valence-corrected chi connectivity index (χ3v) is 10.00. The van der Waals surface area contributed by atoms with E-state index >= 15 is 0 Å². The number of azide groups is 1. The van der Waals surface area contributed by atoms with E-state index in [0.717, 1.165) is 0 Å². The SMILES string of the molecule is C[C@@H]1[C@H](n2ccc(N)nc2=O)O[C@@](CO[Si](C)(C)C(C)(C)C)(N=[N+]=[N-])[C@H]1O. The molecule has 1 saturated heterocycles. The highest BCUT2D eigenvalue weighted by Gasteiger charge is 2.55. The molecule has 10 nitrogen and oxygen atoms in total. The Hall–Kier alpha value is -1.91. The number of ether oxygens (including phenoxy) is 1. The van der Waals surface area contributed by atoms with E-state index in [1.54, 1.807) is 6.92 Å². The molecule has 2 heterocycles. The summed E-state index contributed by atoms with van der Waals surface area (Å²) in [5, 5.41) is 14.5. The Labute approximate surface area is 159 Å². The fourth-order valence-corrected chi connectivity index (χ4v) is 3.69. The summed E-state index contributed by atoms with van der Waals surface area (Å²) in [6.07, 6.45) is -0.582. The van der Waals surface area contributed by atoms with Crippen LogP contribution in [0.25, 0.3) is 10.4 Å². The van der Waals surface area contributed by atoms with Gasteiger partial charge < -0.3 is 20.0 Å². The molecular formula is C16H28N6O4Si. The molecule has 1 aromatic heterocycles. The van der Waals surface area contributed by atoms with Crippen molar-refractivity contribution in [1.82, 2.24) is 9.55 Å². The Balaban J connectivity index is 2.37. The van der Waals surface area contributed by atoms with Gasteiger partial charge in [-0.15, -0.1) is 0 Å². The van der Waals surface area contributed by atoms with Crippen LogP contribution >= 0.6 is 0 Å². The van der Waals surface area contributed by atoms with Crippen LogP contribution < -0.4 is 11.4 Å². The van der Waals surface area contributed by atoms with Crippen LogP contribution in [0.1, 0.15) is 33.9 Å². The second kappa shape index (κ2) is 7.25. The highest BCUT2D eigenvalue weighted by atomic mass is 28.4. The number of hydrogen-bond acceptors (Lipinski definition) is 7.